The first-order valence-electron chi connectivity index (χ1n) is 9.16. The molecule has 30 heavy (non-hydrogen) atoms. The number of anilines is 1. The molecule has 0 atom stereocenters. The van der Waals surface area contributed by atoms with Crippen LogP contribution in [0.1, 0.15) is 11.1 Å². The van der Waals surface area contributed by atoms with Gasteiger partial charge in [-0.1, -0.05) is 42.1 Å². The summed E-state index contributed by atoms with van der Waals surface area (Å²) in [6.07, 6.45) is 0. The van der Waals surface area contributed by atoms with Crippen LogP contribution < -0.4 is 5.32 Å². The summed E-state index contributed by atoms with van der Waals surface area (Å²) >= 11 is 2.85. The molecule has 1 aromatic heterocycles. The van der Waals surface area contributed by atoms with Gasteiger partial charge < -0.3 is 5.32 Å². The number of nitrogens with one attached hydrogen (secondary N) is 1. The van der Waals surface area contributed by atoms with E-state index in [0.29, 0.717) is 5.69 Å². The largest absolute Gasteiger partial charge is 0.325 e. The highest BCUT2D eigenvalue weighted by atomic mass is 32.2. The molecule has 0 spiro atoms. The molecule has 0 saturated carbocycles. The van der Waals surface area contributed by atoms with E-state index < -0.39 is 10.0 Å². The van der Waals surface area contributed by atoms with Gasteiger partial charge in [0.15, 0.2) is 4.34 Å². The zero-order chi connectivity index (χ0) is 21.9. The Morgan fingerprint density at radius 1 is 1.17 bits per heavy atom. The number of thiazole rings is 1. The molecule has 3 rings (SSSR count). The second-order valence-electron chi connectivity index (χ2n) is 6.90. The Morgan fingerprint density at radius 2 is 1.87 bits per heavy atom. The average molecular weight is 462 g/mol. The number of nitrogens with zero attached hydrogens (tertiary/aromatic N) is 2. The normalized spacial score (nSPS) is 11.6. The molecule has 3 aromatic rings. The van der Waals surface area contributed by atoms with Crippen molar-refractivity contribution >= 4 is 44.7 Å². The monoisotopic (exact) mass is 461 g/mol. The van der Waals surface area contributed by atoms with Crippen LogP contribution in [-0.4, -0.2) is 43.5 Å². The minimum Gasteiger partial charge on any atom is -0.325 e. The van der Waals surface area contributed by atoms with E-state index in [4.69, 9.17) is 0 Å². The number of benzene rings is 2. The van der Waals surface area contributed by atoms with Crippen LogP contribution in [0.15, 0.2) is 57.1 Å². The van der Waals surface area contributed by atoms with Gasteiger partial charge in [0, 0.05) is 30.7 Å². The number of carbonyl (C=O) groups excluding carboxylic acids is 1. The Balaban J connectivity index is 1.70. The molecule has 1 N–H and O–H groups in total. The fourth-order valence-corrected chi connectivity index (χ4v) is 5.34. The molecule has 0 saturated heterocycles. The lowest BCUT2D eigenvalue weighted by molar-refractivity contribution is -0.113. The number of thioether (sulfide) groups is 1. The minimum absolute atomic E-state index is 0.158. The van der Waals surface area contributed by atoms with Crippen LogP contribution in [0.4, 0.5) is 5.69 Å². The zero-order valence-corrected chi connectivity index (χ0v) is 19.6. The summed E-state index contributed by atoms with van der Waals surface area (Å²) in [4.78, 5) is 17.2. The molecule has 0 fully saturated rings. The van der Waals surface area contributed by atoms with Gasteiger partial charge in [-0.15, -0.1) is 11.3 Å². The van der Waals surface area contributed by atoms with Crippen molar-refractivity contribution in [2.75, 3.05) is 25.2 Å². The molecule has 0 bridgehead atoms. The van der Waals surface area contributed by atoms with Crippen LogP contribution in [0.2, 0.25) is 0 Å². The number of carbonyl (C=O) groups is 1. The van der Waals surface area contributed by atoms with Gasteiger partial charge in [0.2, 0.25) is 15.9 Å². The molecule has 0 radical (unpaired) electrons. The maximum atomic E-state index is 12.5. The van der Waals surface area contributed by atoms with Gasteiger partial charge in [0.05, 0.1) is 16.3 Å². The standard InChI is InChI=1S/C21H23N3O3S3/c1-14-10-17(30(26,27)24(3)4)11-18(15(14)2)22-20(25)13-29-21-23-19(12-28-21)16-8-6-5-7-9-16/h5-12H,13H2,1-4H3,(H,22,25). The van der Waals surface area contributed by atoms with E-state index in [9.17, 15) is 13.2 Å². The molecule has 0 aliphatic heterocycles. The second kappa shape index (κ2) is 9.30. The Labute approximate surface area is 185 Å². The summed E-state index contributed by atoms with van der Waals surface area (Å²) in [7, 11) is -0.618. The van der Waals surface area contributed by atoms with Crippen LogP contribution in [0, 0.1) is 13.8 Å². The molecule has 0 aliphatic rings. The van der Waals surface area contributed by atoms with Crippen molar-refractivity contribution in [3.8, 4) is 11.3 Å². The predicted octanol–water partition coefficient (Wildman–Crippen LogP) is 4.41. The van der Waals surface area contributed by atoms with Gasteiger partial charge in [-0.05, 0) is 37.1 Å². The summed E-state index contributed by atoms with van der Waals surface area (Å²) in [5.74, 6) is -0.0244. The summed E-state index contributed by atoms with van der Waals surface area (Å²) in [5, 5.41) is 4.82. The summed E-state index contributed by atoms with van der Waals surface area (Å²) in [5.41, 5.74) is 4.07. The molecule has 0 unspecified atom stereocenters. The van der Waals surface area contributed by atoms with Gasteiger partial charge in [-0.25, -0.2) is 17.7 Å². The number of aryl methyl sites for hydroxylation is 1. The van der Waals surface area contributed by atoms with Gasteiger partial charge >= 0.3 is 0 Å². The van der Waals surface area contributed by atoms with Crippen LogP contribution in [-0.2, 0) is 14.8 Å². The van der Waals surface area contributed by atoms with E-state index in [1.54, 1.807) is 6.07 Å². The molecule has 6 nitrogen and oxygen atoms in total. The molecular formula is C21H23N3O3S3. The SMILES string of the molecule is Cc1cc(S(=O)(=O)N(C)C)cc(NC(=O)CSc2nc(-c3ccccc3)cs2)c1C. The Hall–Kier alpha value is -2.20. The molecule has 1 heterocycles. The summed E-state index contributed by atoms with van der Waals surface area (Å²) < 4.78 is 26.9. The number of sulfonamides is 1. The van der Waals surface area contributed by atoms with Crippen molar-refractivity contribution in [2.24, 2.45) is 0 Å². The fourth-order valence-electron chi connectivity index (χ4n) is 2.69. The Bertz CT molecular complexity index is 1160. The highest BCUT2D eigenvalue weighted by Crippen LogP contribution is 2.29. The van der Waals surface area contributed by atoms with Crippen LogP contribution >= 0.6 is 23.1 Å². The van der Waals surface area contributed by atoms with Crippen molar-refractivity contribution in [3.63, 3.8) is 0 Å². The number of hydrogen-bond acceptors (Lipinski definition) is 6. The van der Waals surface area contributed by atoms with Crippen molar-refractivity contribution in [2.45, 2.75) is 23.1 Å². The lowest BCUT2D eigenvalue weighted by Crippen LogP contribution is -2.23. The maximum Gasteiger partial charge on any atom is 0.242 e. The fraction of sp³-hybridized carbons (Fsp3) is 0.238. The van der Waals surface area contributed by atoms with E-state index >= 15 is 0 Å². The van der Waals surface area contributed by atoms with Gasteiger partial charge in [0.25, 0.3) is 0 Å². The van der Waals surface area contributed by atoms with Crippen molar-refractivity contribution in [1.29, 1.82) is 0 Å². The highest BCUT2D eigenvalue weighted by molar-refractivity contribution is 8.01. The van der Waals surface area contributed by atoms with E-state index in [-0.39, 0.29) is 16.6 Å². The molecule has 2 aromatic carbocycles. The molecule has 1 amide bonds. The number of amides is 1. The topological polar surface area (TPSA) is 79.4 Å². The minimum atomic E-state index is -3.58. The van der Waals surface area contributed by atoms with E-state index in [2.05, 4.69) is 10.3 Å². The molecule has 158 valence electrons. The summed E-state index contributed by atoms with van der Waals surface area (Å²) in [6, 6.07) is 13.0. The Kier molecular flexibility index (Phi) is 6.97. The number of rotatable bonds is 7. The highest BCUT2D eigenvalue weighted by Gasteiger charge is 2.20. The lowest BCUT2D eigenvalue weighted by Gasteiger charge is -2.16. The second-order valence-corrected chi connectivity index (χ2v) is 11.1. The zero-order valence-electron chi connectivity index (χ0n) is 17.2. The van der Waals surface area contributed by atoms with Gasteiger partial charge in [-0.3, -0.25) is 4.79 Å². The molecular weight excluding hydrogens is 438 g/mol. The molecule has 0 aliphatic carbocycles. The number of hydrogen-bond donors (Lipinski definition) is 1. The first kappa shape index (κ1) is 22.5. The lowest BCUT2D eigenvalue weighted by atomic mass is 10.1. The smallest absolute Gasteiger partial charge is 0.242 e. The van der Waals surface area contributed by atoms with Crippen molar-refractivity contribution in [3.05, 3.63) is 59.0 Å². The third kappa shape index (κ3) is 5.10. The van der Waals surface area contributed by atoms with Crippen LogP contribution in [0.25, 0.3) is 11.3 Å². The van der Waals surface area contributed by atoms with E-state index in [0.717, 1.165) is 31.0 Å². The molecule has 9 heteroatoms. The first-order valence-corrected chi connectivity index (χ1v) is 12.5. The van der Waals surface area contributed by atoms with Gasteiger partial charge in [0.1, 0.15) is 0 Å². The van der Waals surface area contributed by atoms with E-state index in [1.165, 1.54) is 43.3 Å². The predicted molar refractivity (Wildman–Crippen MR) is 124 cm³/mol. The number of aromatic nitrogens is 1. The van der Waals surface area contributed by atoms with Crippen LogP contribution in [0.5, 0.6) is 0 Å². The van der Waals surface area contributed by atoms with E-state index in [1.807, 2.05) is 49.6 Å². The summed E-state index contributed by atoms with van der Waals surface area (Å²) in [6.45, 7) is 3.69. The Morgan fingerprint density at radius 3 is 2.53 bits per heavy atom. The van der Waals surface area contributed by atoms with Gasteiger partial charge in [-0.2, -0.15) is 0 Å². The van der Waals surface area contributed by atoms with Crippen molar-refractivity contribution in [1.82, 2.24) is 9.29 Å². The van der Waals surface area contributed by atoms with Crippen LogP contribution in [0.3, 0.4) is 0 Å². The van der Waals surface area contributed by atoms with Crippen molar-refractivity contribution < 1.29 is 13.2 Å². The third-order valence-electron chi connectivity index (χ3n) is 4.57. The average Bonchev–Trinajstić information content (AvgIpc) is 3.19. The third-order valence-corrected chi connectivity index (χ3v) is 8.39. The first-order chi connectivity index (χ1) is 14.2. The quantitative estimate of drug-likeness (QED) is 0.527. The maximum absolute atomic E-state index is 12.5.